The van der Waals surface area contributed by atoms with Crippen LogP contribution < -0.4 is 0 Å². The van der Waals surface area contributed by atoms with Gasteiger partial charge in [-0.3, -0.25) is 4.79 Å². The second kappa shape index (κ2) is 11.4. The first kappa shape index (κ1) is 28.0. The third kappa shape index (κ3) is 5.25. The minimum atomic E-state index is -1.74. The summed E-state index contributed by atoms with van der Waals surface area (Å²) in [5.41, 5.74) is -0.0526. The van der Waals surface area contributed by atoms with Gasteiger partial charge in [0.2, 0.25) is 6.29 Å². The van der Waals surface area contributed by atoms with E-state index in [1.54, 1.807) is 25.1 Å². The molecule has 11 atom stereocenters. The van der Waals surface area contributed by atoms with Gasteiger partial charge in [-0.25, -0.2) is 9.59 Å². The molecule has 0 spiro atoms. The lowest BCUT2D eigenvalue weighted by Crippen LogP contribution is -2.60. The average molecular weight is 539 g/mol. The highest BCUT2D eigenvalue weighted by molar-refractivity contribution is 5.90. The highest BCUT2D eigenvalue weighted by Crippen LogP contribution is 2.50. The number of carboxylic acid groups (broad SMARTS) is 1. The minimum Gasteiger partial charge on any atom is -0.478 e. The van der Waals surface area contributed by atoms with Crippen LogP contribution in [0.5, 0.6) is 0 Å². The van der Waals surface area contributed by atoms with Crippen LogP contribution in [0.3, 0.4) is 0 Å². The van der Waals surface area contributed by atoms with Crippen LogP contribution in [0.2, 0.25) is 0 Å². The van der Waals surface area contributed by atoms with E-state index in [1.165, 1.54) is 12.1 Å². The largest absolute Gasteiger partial charge is 0.478 e. The summed E-state index contributed by atoms with van der Waals surface area (Å²) >= 11 is 0. The molecule has 13 heteroatoms. The highest BCUT2D eigenvalue weighted by Gasteiger charge is 2.61. The molecule has 0 bridgehead atoms. The van der Waals surface area contributed by atoms with Crippen molar-refractivity contribution < 1.29 is 63.6 Å². The van der Waals surface area contributed by atoms with E-state index in [-0.39, 0.29) is 11.1 Å². The van der Waals surface area contributed by atoms with Gasteiger partial charge in [0.25, 0.3) is 0 Å². The van der Waals surface area contributed by atoms with E-state index in [0.717, 1.165) is 13.2 Å². The predicted molar refractivity (Wildman–Crippen MR) is 123 cm³/mol. The number of carbonyl (C=O) groups is 3. The van der Waals surface area contributed by atoms with Crippen LogP contribution >= 0.6 is 0 Å². The van der Waals surface area contributed by atoms with Gasteiger partial charge in [0.05, 0.1) is 24.0 Å². The van der Waals surface area contributed by atoms with Crippen molar-refractivity contribution in [3.05, 3.63) is 47.7 Å². The summed E-state index contributed by atoms with van der Waals surface area (Å²) in [6, 6.07) is 7.99. The molecule has 3 aliphatic rings. The van der Waals surface area contributed by atoms with Gasteiger partial charge in [0.15, 0.2) is 6.29 Å². The molecule has 4 rings (SSSR count). The highest BCUT2D eigenvalue weighted by atomic mass is 16.8. The van der Waals surface area contributed by atoms with Gasteiger partial charge in [-0.15, -0.1) is 0 Å². The quantitative estimate of drug-likeness (QED) is 0.270. The normalized spacial score (nSPS) is 38.4. The standard InChI is InChI=1S/C25H30O13/c1-10-15-16(21(20(10)35-11(2)27)37-23(33)12-6-4-3-5-7-12)13(22(31)32)9-34-24(15)38-25-19(30)18(29)17(28)14(8-26)36-25/h3-7,9-10,14-21,24-26,28-30H,8H2,1-2H3,(H,31,32)/t10-,14+,15-,16+,17+,18-,19+,20+,21-,24-,25-/m1/s1. The van der Waals surface area contributed by atoms with E-state index in [9.17, 15) is 39.9 Å². The molecule has 0 aromatic heterocycles. The van der Waals surface area contributed by atoms with E-state index < -0.39 is 91.5 Å². The molecule has 1 aliphatic carbocycles. The van der Waals surface area contributed by atoms with Crippen molar-refractivity contribution >= 4 is 17.9 Å². The molecule has 5 N–H and O–H groups in total. The fourth-order valence-corrected chi connectivity index (χ4v) is 5.28. The summed E-state index contributed by atoms with van der Waals surface area (Å²) in [4.78, 5) is 37.1. The SMILES string of the molecule is CC(=O)O[C@H]1[C@H](C)[C@H]2[C@@H](O[C@H]3O[C@@H](CO)[C@H](O)[C@@H](O)[C@@H]3O)OC=C(C(=O)O)[C@@H]2[C@H]1OC(=O)c1ccccc1. The number of aliphatic hydroxyl groups is 4. The monoisotopic (exact) mass is 538 g/mol. The number of carbonyl (C=O) groups excluding carboxylic acids is 2. The summed E-state index contributed by atoms with van der Waals surface area (Å²) in [6.45, 7) is 2.12. The molecule has 1 saturated carbocycles. The summed E-state index contributed by atoms with van der Waals surface area (Å²) in [5.74, 6) is -5.45. The first-order chi connectivity index (χ1) is 18.0. The molecular formula is C25H30O13. The minimum absolute atomic E-state index is 0.201. The molecule has 0 unspecified atom stereocenters. The average Bonchev–Trinajstić information content (AvgIpc) is 3.15. The van der Waals surface area contributed by atoms with Crippen LogP contribution in [-0.4, -0.2) is 99.3 Å². The Bertz CT molecular complexity index is 1060. The Kier molecular flexibility index (Phi) is 8.35. The topological polar surface area (TPSA) is 199 Å². The van der Waals surface area contributed by atoms with E-state index in [2.05, 4.69) is 0 Å². The molecule has 38 heavy (non-hydrogen) atoms. The van der Waals surface area contributed by atoms with E-state index in [1.807, 2.05) is 0 Å². The number of carboxylic acids is 1. The molecule has 2 fully saturated rings. The molecule has 1 aromatic rings. The number of ether oxygens (including phenoxy) is 5. The predicted octanol–water partition coefficient (Wildman–Crippen LogP) is -0.833. The number of fused-ring (bicyclic) bond motifs is 1. The van der Waals surface area contributed by atoms with E-state index in [0.29, 0.717) is 0 Å². The number of hydrogen-bond donors (Lipinski definition) is 5. The maximum absolute atomic E-state index is 12.9. The zero-order valence-electron chi connectivity index (χ0n) is 20.5. The van der Waals surface area contributed by atoms with Crippen molar-refractivity contribution in [2.24, 2.45) is 17.8 Å². The number of benzene rings is 1. The van der Waals surface area contributed by atoms with Gasteiger partial charge in [-0.2, -0.15) is 0 Å². The summed E-state index contributed by atoms with van der Waals surface area (Å²) < 4.78 is 28.0. The zero-order valence-corrected chi connectivity index (χ0v) is 20.5. The second-order valence-electron chi connectivity index (χ2n) is 9.49. The number of esters is 2. The lowest BCUT2D eigenvalue weighted by molar-refractivity contribution is -0.343. The second-order valence-corrected chi connectivity index (χ2v) is 9.49. The van der Waals surface area contributed by atoms with Crippen molar-refractivity contribution in [1.29, 1.82) is 0 Å². The molecule has 208 valence electrons. The fourth-order valence-electron chi connectivity index (χ4n) is 5.28. The number of aliphatic hydroxyl groups excluding tert-OH is 4. The van der Waals surface area contributed by atoms with Crippen molar-refractivity contribution in [3.8, 4) is 0 Å². The van der Waals surface area contributed by atoms with E-state index in [4.69, 9.17) is 23.7 Å². The summed E-state index contributed by atoms with van der Waals surface area (Å²) in [5, 5.41) is 50.0. The zero-order chi connectivity index (χ0) is 27.7. The Morgan fingerprint density at radius 1 is 0.947 bits per heavy atom. The third-order valence-electron chi connectivity index (χ3n) is 7.14. The third-order valence-corrected chi connectivity index (χ3v) is 7.14. The molecule has 2 aliphatic heterocycles. The van der Waals surface area contributed by atoms with Crippen molar-refractivity contribution in [1.82, 2.24) is 0 Å². The Balaban J connectivity index is 1.67. The Hall–Kier alpha value is -3.07. The van der Waals surface area contributed by atoms with Gasteiger partial charge in [-0.05, 0) is 12.1 Å². The Morgan fingerprint density at radius 3 is 2.24 bits per heavy atom. The van der Waals surface area contributed by atoms with Crippen LogP contribution in [-0.2, 0) is 33.3 Å². The smallest absolute Gasteiger partial charge is 0.338 e. The Labute approximate surface area is 217 Å². The van der Waals surface area contributed by atoms with Crippen LogP contribution in [0.15, 0.2) is 42.2 Å². The first-order valence-corrected chi connectivity index (χ1v) is 12.0. The summed E-state index contributed by atoms with van der Waals surface area (Å²) in [6.07, 6.45) is -10.6. The molecular weight excluding hydrogens is 508 g/mol. The van der Waals surface area contributed by atoms with Gasteiger partial charge in [0, 0.05) is 24.7 Å². The van der Waals surface area contributed by atoms with Gasteiger partial charge in [0.1, 0.15) is 36.6 Å². The Morgan fingerprint density at radius 2 is 1.63 bits per heavy atom. The van der Waals surface area contributed by atoms with Gasteiger partial charge in [-0.1, -0.05) is 25.1 Å². The van der Waals surface area contributed by atoms with Crippen molar-refractivity contribution in [2.45, 2.75) is 63.1 Å². The van der Waals surface area contributed by atoms with Gasteiger partial charge >= 0.3 is 17.9 Å². The van der Waals surface area contributed by atoms with Gasteiger partial charge < -0.3 is 49.2 Å². The molecule has 1 aromatic carbocycles. The molecule has 0 radical (unpaired) electrons. The molecule has 13 nitrogen and oxygen atoms in total. The van der Waals surface area contributed by atoms with Crippen LogP contribution in [0.1, 0.15) is 24.2 Å². The number of hydrogen-bond acceptors (Lipinski definition) is 12. The fraction of sp³-hybridized carbons (Fsp3) is 0.560. The molecule has 0 amide bonds. The van der Waals surface area contributed by atoms with Crippen molar-refractivity contribution in [3.63, 3.8) is 0 Å². The molecule has 1 saturated heterocycles. The lowest BCUT2D eigenvalue weighted by atomic mass is 9.82. The van der Waals surface area contributed by atoms with Crippen molar-refractivity contribution in [2.75, 3.05) is 6.61 Å². The maximum atomic E-state index is 12.9. The maximum Gasteiger partial charge on any atom is 0.338 e. The van der Waals surface area contributed by atoms with E-state index >= 15 is 0 Å². The summed E-state index contributed by atoms with van der Waals surface area (Å²) in [7, 11) is 0. The number of rotatable bonds is 7. The molecule has 2 heterocycles. The number of aliphatic carboxylic acids is 1. The van der Waals surface area contributed by atoms with Crippen LogP contribution in [0.4, 0.5) is 0 Å². The lowest BCUT2D eigenvalue weighted by Gasteiger charge is -2.43. The first-order valence-electron chi connectivity index (χ1n) is 12.0. The van der Waals surface area contributed by atoms with Crippen LogP contribution in [0.25, 0.3) is 0 Å². The van der Waals surface area contributed by atoms with Crippen LogP contribution in [0, 0.1) is 17.8 Å².